The van der Waals surface area contributed by atoms with Crippen LogP contribution < -0.4 is 14.2 Å². The van der Waals surface area contributed by atoms with Crippen molar-refractivity contribution in [2.45, 2.75) is 12.7 Å². The van der Waals surface area contributed by atoms with Crippen molar-refractivity contribution in [1.29, 1.82) is 0 Å². The number of aliphatic hydroxyl groups excluding tert-OH is 1. The Hall–Kier alpha value is -2.71. The lowest BCUT2D eigenvalue weighted by atomic mass is 10.1. The Kier molecular flexibility index (Phi) is 5.84. The molecule has 0 radical (unpaired) electrons. The quantitative estimate of drug-likeness (QED) is 0.797. The number of benzene rings is 2. The van der Waals surface area contributed by atoms with E-state index in [0.717, 1.165) is 5.56 Å². The fraction of sp³-hybridized carbons (Fsp3) is 0.278. The highest BCUT2D eigenvalue weighted by atomic mass is 16.5. The van der Waals surface area contributed by atoms with E-state index in [4.69, 9.17) is 20.8 Å². The summed E-state index contributed by atoms with van der Waals surface area (Å²) >= 11 is 0. The zero-order valence-electron chi connectivity index (χ0n) is 13.2. The van der Waals surface area contributed by atoms with Crippen molar-refractivity contribution in [3.05, 3.63) is 65.0 Å². The van der Waals surface area contributed by atoms with E-state index >= 15 is 0 Å². The molecule has 5 nitrogen and oxygen atoms in total. The molecule has 0 bridgehead atoms. The van der Waals surface area contributed by atoms with Gasteiger partial charge in [0.05, 0.1) is 14.2 Å². The predicted octanol–water partition coefficient (Wildman–Crippen LogP) is 3.24. The molecule has 1 atom stereocenters. The molecule has 0 aromatic heterocycles. The van der Waals surface area contributed by atoms with Crippen LogP contribution in [0.25, 0.3) is 4.85 Å². The van der Waals surface area contributed by atoms with Crippen LogP contribution in [0.1, 0.15) is 17.2 Å². The van der Waals surface area contributed by atoms with Gasteiger partial charge in [-0.2, -0.15) is 0 Å². The molecular weight excluding hydrogens is 294 g/mol. The van der Waals surface area contributed by atoms with E-state index in [2.05, 4.69) is 4.85 Å². The molecule has 0 aliphatic heterocycles. The topological polar surface area (TPSA) is 52.3 Å². The Labute approximate surface area is 135 Å². The minimum Gasteiger partial charge on any atom is -0.493 e. The van der Waals surface area contributed by atoms with Crippen LogP contribution in [0.5, 0.6) is 17.2 Å². The molecule has 23 heavy (non-hydrogen) atoms. The number of hydrogen-bond donors (Lipinski definition) is 1. The van der Waals surface area contributed by atoms with Crippen molar-refractivity contribution >= 4 is 0 Å². The van der Waals surface area contributed by atoms with Crippen molar-refractivity contribution in [2.24, 2.45) is 0 Å². The summed E-state index contributed by atoms with van der Waals surface area (Å²) in [6, 6.07) is 13.1. The van der Waals surface area contributed by atoms with Gasteiger partial charge in [-0.05, 0) is 23.3 Å². The zero-order valence-corrected chi connectivity index (χ0v) is 13.2. The molecule has 0 heterocycles. The zero-order chi connectivity index (χ0) is 16.7. The third-order valence-corrected chi connectivity index (χ3v) is 3.36. The minimum absolute atomic E-state index is 0.0173. The van der Waals surface area contributed by atoms with E-state index in [1.54, 1.807) is 12.1 Å². The van der Waals surface area contributed by atoms with Crippen LogP contribution in [0, 0.1) is 6.57 Å². The third-order valence-electron chi connectivity index (χ3n) is 3.36. The van der Waals surface area contributed by atoms with E-state index in [-0.39, 0.29) is 6.54 Å². The molecule has 1 N–H and O–H groups in total. The average molecular weight is 313 g/mol. The maximum absolute atomic E-state index is 9.99. The van der Waals surface area contributed by atoms with Gasteiger partial charge >= 0.3 is 0 Å². The van der Waals surface area contributed by atoms with Gasteiger partial charge in [0.1, 0.15) is 6.61 Å². The summed E-state index contributed by atoms with van der Waals surface area (Å²) in [5, 5.41) is 9.99. The molecule has 0 aliphatic carbocycles. The molecule has 0 spiro atoms. The number of hydrogen-bond acceptors (Lipinski definition) is 4. The number of nitrogens with zero attached hydrogens (tertiary/aromatic N) is 1. The van der Waals surface area contributed by atoms with E-state index < -0.39 is 6.10 Å². The third kappa shape index (κ3) is 4.15. The van der Waals surface area contributed by atoms with Gasteiger partial charge in [0.2, 0.25) is 12.3 Å². The van der Waals surface area contributed by atoms with Crippen molar-refractivity contribution in [1.82, 2.24) is 0 Å². The largest absolute Gasteiger partial charge is 0.493 e. The lowest BCUT2D eigenvalue weighted by Crippen LogP contribution is -2.04. The molecule has 120 valence electrons. The summed E-state index contributed by atoms with van der Waals surface area (Å²) in [4.78, 5) is 3.21. The second-order valence-electron chi connectivity index (χ2n) is 4.89. The normalized spacial score (nSPS) is 11.4. The second-order valence-corrected chi connectivity index (χ2v) is 4.89. The Balaban J connectivity index is 2.29. The maximum Gasteiger partial charge on any atom is 0.244 e. The molecule has 0 saturated heterocycles. The van der Waals surface area contributed by atoms with Crippen molar-refractivity contribution in [2.75, 3.05) is 20.8 Å². The monoisotopic (exact) mass is 313 g/mol. The van der Waals surface area contributed by atoms with Crippen molar-refractivity contribution < 1.29 is 19.3 Å². The van der Waals surface area contributed by atoms with Crippen LogP contribution in [-0.4, -0.2) is 25.9 Å². The highest BCUT2D eigenvalue weighted by Gasteiger charge is 2.19. The predicted molar refractivity (Wildman–Crippen MR) is 86.7 cm³/mol. The summed E-state index contributed by atoms with van der Waals surface area (Å²) in [6.07, 6.45) is -0.890. The Morgan fingerprint density at radius 3 is 2.22 bits per heavy atom. The van der Waals surface area contributed by atoms with Crippen LogP contribution >= 0.6 is 0 Å². The van der Waals surface area contributed by atoms with Crippen LogP contribution in [-0.2, 0) is 6.61 Å². The van der Waals surface area contributed by atoms with Gasteiger partial charge in [0.25, 0.3) is 0 Å². The van der Waals surface area contributed by atoms with Gasteiger partial charge < -0.3 is 24.2 Å². The molecular formula is C18H19NO4. The summed E-state index contributed by atoms with van der Waals surface area (Å²) in [5.74, 6) is 1.39. The van der Waals surface area contributed by atoms with Crippen LogP contribution in [0.3, 0.4) is 0 Å². The Bertz CT molecular complexity index is 654. The summed E-state index contributed by atoms with van der Waals surface area (Å²) < 4.78 is 16.5. The number of methoxy groups -OCH3 is 2. The first-order valence-electron chi connectivity index (χ1n) is 7.13. The van der Waals surface area contributed by atoms with E-state index in [1.165, 1.54) is 14.2 Å². The van der Waals surface area contributed by atoms with Crippen molar-refractivity contribution in [3.63, 3.8) is 0 Å². The number of aliphatic hydroxyl groups is 1. The molecule has 0 saturated carbocycles. The van der Waals surface area contributed by atoms with Gasteiger partial charge in [0.15, 0.2) is 17.6 Å². The first-order chi connectivity index (χ1) is 11.2. The van der Waals surface area contributed by atoms with E-state index in [0.29, 0.717) is 29.4 Å². The van der Waals surface area contributed by atoms with Gasteiger partial charge in [-0.3, -0.25) is 0 Å². The maximum atomic E-state index is 9.99. The van der Waals surface area contributed by atoms with Crippen LogP contribution in [0.15, 0.2) is 42.5 Å². The Morgan fingerprint density at radius 1 is 1.09 bits per heavy atom. The van der Waals surface area contributed by atoms with Crippen LogP contribution in [0.2, 0.25) is 0 Å². The standard InChI is InChI=1S/C18H19NO4/c1-19-11-15(20)14-9-16(21-2)18(17(10-14)22-3)23-12-13-7-5-4-6-8-13/h4-10,15,20H,11-12H2,2-3H3. The molecule has 1 unspecified atom stereocenters. The Morgan fingerprint density at radius 2 is 1.70 bits per heavy atom. The molecule has 2 aromatic carbocycles. The smallest absolute Gasteiger partial charge is 0.244 e. The molecule has 2 rings (SSSR count). The molecule has 5 heteroatoms. The van der Waals surface area contributed by atoms with Gasteiger partial charge in [-0.1, -0.05) is 30.3 Å². The summed E-state index contributed by atoms with van der Waals surface area (Å²) in [7, 11) is 3.05. The number of rotatable bonds is 7. The SMILES string of the molecule is [C-]#[N+]CC(O)c1cc(OC)c(OCc2ccccc2)c(OC)c1. The molecule has 0 fully saturated rings. The first-order valence-corrected chi connectivity index (χ1v) is 7.13. The number of ether oxygens (including phenoxy) is 3. The first kappa shape index (κ1) is 16.7. The molecule has 0 aliphatic rings. The minimum atomic E-state index is -0.890. The highest BCUT2D eigenvalue weighted by molar-refractivity contribution is 5.54. The average Bonchev–Trinajstić information content (AvgIpc) is 2.60. The fourth-order valence-electron chi connectivity index (χ4n) is 2.16. The van der Waals surface area contributed by atoms with E-state index in [9.17, 15) is 5.11 Å². The second kappa shape index (κ2) is 8.06. The summed E-state index contributed by atoms with van der Waals surface area (Å²) in [6.45, 7) is 7.22. The van der Waals surface area contributed by atoms with E-state index in [1.807, 2.05) is 30.3 Å². The van der Waals surface area contributed by atoms with Gasteiger partial charge in [-0.25, -0.2) is 6.57 Å². The van der Waals surface area contributed by atoms with Crippen molar-refractivity contribution in [3.8, 4) is 17.2 Å². The lowest BCUT2D eigenvalue weighted by molar-refractivity contribution is 0.193. The highest BCUT2D eigenvalue weighted by Crippen LogP contribution is 2.40. The molecule has 0 amide bonds. The molecule has 2 aromatic rings. The van der Waals surface area contributed by atoms with Crippen LogP contribution in [0.4, 0.5) is 0 Å². The van der Waals surface area contributed by atoms with Gasteiger partial charge in [-0.15, -0.1) is 0 Å². The summed E-state index contributed by atoms with van der Waals surface area (Å²) in [5.41, 5.74) is 1.58. The lowest BCUT2D eigenvalue weighted by Gasteiger charge is -2.17. The van der Waals surface area contributed by atoms with Gasteiger partial charge in [0, 0.05) is 0 Å². The fourth-order valence-corrected chi connectivity index (χ4v) is 2.16.